The van der Waals surface area contributed by atoms with Crippen molar-refractivity contribution < 1.29 is 9.53 Å². The third kappa shape index (κ3) is 8.26. The third-order valence-corrected chi connectivity index (χ3v) is 7.13. The zero-order valence-corrected chi connectivity index (χ0v) is 23.1. The first kappa shape index (κ1) is 27.6. The number of nitrogens with zero attached hydrogens (tertiary/aromatic N) is 3. The van der Waals surface area contributed by atoms with E-state index in [0.717, 1.165) is 56.1 Å². The zero-order chi connectivity index (χ0) is 27.6. The van der Waals surface area contributed by atoms with Gasteiger partial charge in [0.15, 0.2) is 0 Å². The molecule has 1 aliphatic heterocycles. The lowest BCUT2D eigenvalue weighted by molar-refractivity contribution is 0.0955. The van der Waals surface area contributed by atoms with Crippen molar-refractivity contribution in [2.24, 2.45) is 5.10 Å². The second-order valence-corrected chi connectivity index (χ2v) is 10.4. The molecule has 0 radical (unpaired) electrons. The summed E-state index contributed by atoms with van der Waals surface area (Å²) in [6, 6.07) is 33.5. The molecule has 7 heteroatoms. The lowest BCUT2D eigenvalue weighted by atomic mass is 10.1. The molecule has 0 unspecified atom stereocenters. The van der Waals surface area contributed by atoms with Gasteiger partial charge in [0.25, 0.3) is 5.91 Å². The molecule has 6 nitrogen and oxygen atoms in total. The van der Waals surface area contributed by atoms with Crippen molar-refractivity contribution in [1.29, 1.82) is 0 Å². The Labute approximate surface area is 240 Å². The molecule has 4 aromatic rings. The Hall–Kier alpha value is -3.97. The van der Waals surface area contributed by atoms with E-state index in [2.05, 4.69) is 50.7 Å². The summed E-state index contributed by atoms with van der Waals surface area (Å²) in [6.45, 7) is 6.54. The molecular weight excluding hydrogens is 520 g/mol. The van der Waals surface area contributed by atoms with E-state index < -0.39 is 0 Å². The number of piperazine rings is 1. The second kappa shape index (κ2) is 13.9. The lowest BCUT2D eigenvalue weighted by Gasteiger charge is -2.34. The minimum Gasteiger partial charge on any atom is -0.489 e. The molecule has 0 aliphatic carbocycles. The van der Waals surface area contributed by atoms with Crippen LogP contribution in [0.5, 0.6) is 5.75 Å². The van der Waals surface area contributed by atoms with Crippen LogP contribution in [0.2, 0.25) is 5.02 Å². The predicted molar refractivity (Wildman–Crippen MR) is 161 cm³/mol. The number of halogens is 1. The molecule has 204 valence electrons. The van der Waals surface area contributed by atoms with Crippen LogP contribution < -0.4 is 10.2 Å². The first-order chi connectivity index (χ1) is 19.6. The molecule has 1 N–H and O–H groups in total. The molecule has 0 atom stereocenters. The van der Waals surface area contributed by atoms with Crippen LogP contribution in [0.15, 0.2) is 108 Å². The molecule has 0 aromatic heterocycles. The molecule has 1 saturated heterocycles. The van der Waals surface area contributed by atoms with E-state index in [1.807, 2.05) is 72.8 Å². The molecule has 1 heterocycles. The summed E-state index contributed by atoms with van der Waals surface area (Å²) in [6.07, 6.45) is 1.62. The van der Waals surface area contributed by atoms with Gasteiger partial charge in [-0.25, -0.2) is 5.43 Å². The standard InChI is InChI=1S/C33H33ClN4O2/c34-31-8-4-7-29(21-31)25-40-32-15-11-26(12-16-32)22-35-36-33(39)30-13-9-28(10-14-30)24-38-19-17-37(18-20-38)23-27-5-2-1-3-6-27/h1-16,21-22H,17-20,23-25H2,(H,36,39)/b35-22-. The van der Waals surface area contributed by atoms with Gasteiger partial charge in [0.1, 0.15) is 12.4 Å². The van der Waals surface area contributed by atoms with Crippen LogP contribution in [-0.4, -0.2) is 48.1 Å². The van der Waals surface area contributed by atoms with Gasteiger partial charge < -0.3 is 4.74 Å². The summed E-state index contributed by atoms with van der Waals surface area (Å²) in [5, 5.41) is 4.80. The van der Waals surface area contributed by atoms with Gasteiger partial charge in [-0.3, -0.25) is 14.6 Å². The van der Waals surface area contributed by atoms with E-state index >= 15 is 0 Å². The Morgan fingerprint density at radius 2 is 1.40 bits per heavy atom. The van der Waals surface area contributed by atoms with Crippen LogP contribution >= 0.6 is 11.6 Å². The lowest BCUT2D eigenvalue weighted by Crippen LogP contribution is -2.45. The Morgan fingerprint density at radius 1 is 0.775 bits per heavy atom. The van der Waals surface area contributed by atoms with Crippen LogP contribution in [0.3, 0.4) is 0 Å². The number of hydrogen-bond acceptors (Lipinski definition) is 5. The third-order valence-electron chi connectivity index (χ3n) is 6.89. The Balaban J connectivity index is 1.03. The fraction of sp³-hybridized carbons (Fsp3) is 0.212. The molecule has 4 aromatic carbocycles. The van der Waals surface area contributed by atoms with Crippen LogP contribution in [-0.2, 0) is 19.7 Å². The SMILES string of the molecule is O=C(N/N=C\c1ccc(OCc2cccc(Cl)c2)cc1)c1ccc(CN2CCN(Cc3ccccc3)CC2)cc1. The Morgan fingerprint density at radius 3 is 2.05 bits per heavy atom. The number of carbonyl (C=O) groups excluding carboxylic acids is 1. The molecule has 1 aliphatic rings. The van der Waals surface area contributed by atoms with E-state index in [4.69, 9.17) is 16.3 Å². The molecule has 40 heavy (non-hydrogen) atoms. The van der Waals surface area contributed by atoms with Crippen LogP contribution in [0, 0.1) is 0 Å². The van der Waals surface area contributed by atoms with Crippen molar-refractivity contribution in [3.8, 4) is 5.75 Å². The van der Waals surface area contributed by atoms with Crippen molar-refractivity contribution in [3.63, 3.8) is 0 Å². The number of hydrogen-bond donors (Lipinski definition) is 1. The van der Waals surface area contributed by atoms with Gasteiger partial charge in [-0.05, 0) is 70.8 Å². The van der Waals surface area contributed by atoms with Crippen molar-refractivity contribution in [3.05, 3.63) is 136 Å². The van der Waals surface area contributed by atoms with E-state index in [1.54, 1.807) is 6.21 Å². The highest BCUT2D eigenvalue weighted by Crippen LogP contribution is 2.16. The van der Waals surface area contributed by atoms with Gasteiger partial charge in [-0.15, -0.1) is 0 Å². The highest BCUT2D eigenvalue weighted by molar-refractivity contribution is 6.30. The Kier molecular flexibility index (Phi) is 9.59. The maximum absolute atomic E-state index is 12.6. The first-order valence-electron chi connectivity index (χ1n) is 13.5. The number of carbonyl (C=O) groups is 1. The number of nitrogens with one attached hydrogen (secondary N) is 1. The van der Waals surface area contributed by atoms with E-state index in [9.17, 15) is 4.79 Å². The number of benzene rings is 4. The highest BCUT2D eigenvalue weighted by atomic mass is 35.5. The summed E-state index contributed by atoms with van der Waals surface area (Å²) < 4.78 is 5.81. The zero-order valence-electron chi connectivity index (χ0n) is 22.4. The summed E-state index contributed by atoms with van der Waals surface area (Å²) in [5.41, 5.74) is 7.62. The minimum absolute atomic E-state index is 0.237. The summed E-state index contributed by atoms with van der Waals surface area (Å²) in [7, 11) is 0. The predicted octanol–water partition coefficient (Wildman–Crippen LogP) is 6.00. The normalized spacial score (nSPS) is 14.3. The largest absolute Gasteiger partial charge is 0.489 e. The van der Waals surface area contributed by atoms with Crippen molar-refractivity contribution in [1.82, 2.24) is 15.2 Å². The molecular formula is C33H33ClN4O2. The average molecular weight is 553 g/mol. The van der Waals surface area contributed by atoms with Gasteiger partial charge in [0.05, 0.1) is 6.21 Å². The molecule has 0 saturated carbocycles. The summed E-state index contributed by atoms with van der Waals surface area (Å²) in [5.74, 6) is 0.508. The molecule has 1 fully saturated rings. The van der Waals surface area contributed by atoms with Crippen LogP contribution in [0.4, 0.5) is 0 Å². The highest BCUT2D eigenvalue weighted by Gasteiger charge is 2.17. The van der Waals surface area contributed by atoms with E-state index in [-0.39, 0.29) is 5.91 Å². The van der Waals surface area contributed by atoms with Gasteiger partial charge in [-0.1, -0.05) is 66.2 Å². The average Bonchev–Trinajstić information content (AvgIpc) is 2.99. The second-order valence-electron chi connectivity index (χ2n) is 9.92. The molecule has 0 spiro atoms. The maximum atomic E-state index is 12.6. The molecule has 1 amide bonds. The number of hydrazone groups is 1. The van der Waals surface area contributed by atoms with Gasteiger partial charge in [0, 0.05) is 49.9 Å². The Bertz CT molecular complexity index is 1400. The number of amides is 1. The minimum atomic E-state index is -0.237. The van der Waals surface area contributed by atoms with E-state index in [1.165, 1.54) is 11.1 Å². The number of ether oxygens (including phenoxy) is 1. The fourth-order valence-corrected chi connectivity index (χ4v) is 4.85. The quantitative estimate of drug-likeness (QED) is 0.194. The smallest absolute Gasteiger partial charge is 0.271 e. The fourth-order valence-electron chi connectivity index (χ4n) is 4.64. The van der Waals surface area contributed by atoms with Gasteiger partial charge in [-0.2, -0.15) is 5.10 Å². The number of rotatable bonds is 10. The van der Waals surface area contributed by atoms with Crippen molar-refractivity contribution in [2.45, 2.75) is 19.7 Å². The summed E-state index contributed by atoms with van der Waals surface area (Å²) >= 11 is 6.02. The van der Waals surface area contributed by atoms with Crippen LogP contribution in [0.1, 0.15) is 32.6 Å². The maximum Gasteiger partial charge on any atom is 0.271 e. The van der Waals surface area contributed by atoms with Gasteiger partial charge in [0.2, 0.25) is 0 Å². The molecule has 5 rings (SSSR count). The summed E-state index contributed by atoms with van der Waals surface area (Å²) in [4.78, 5) is 17.5. The molecule has 0 bridgehead atoms. The first-order valence-corrected chi connectivity index (χ1v) is 13.9. The van der Waals surface area contributed by atoms with Crippen molar-refractivity contribution in [2.75, 3.05) is 26.2 Å². The monoisotopic (exact) mass is 552 g/mol. The van der Waals surface area contributed by atoms with E-state index in [0.29, 0.717) is 17.2 Å². The van der Waals surface area contributed by atoms with Crippen LogP contribution in [0.25, 0.3) is 0 Å². The van der Waals surface area contributed by atoms with Gasteiger partial charge >= 0.3 is 0 Å². The van der Waals surface area contributed by atoms with Crippen molar-refractivity contribution >= 4 is 23.7 Å². The topological polar surface area (TPSA) is 57.2 Å².